The Morgan fingerprint density at radius 1 is 1.28 bits per heavy atom. The van der Waals surface area contributed by atoms with E-state index in [4.69, 9.17) is 5.11 Å². The van der Waals surface area contributed by atoms with Gasteiger partial charge in [-0.1, -0.05) is 25.1 Å². The second kappa shape index (κ2) is 7.32. The van der Waals surface area contributed by atoms with E-state index in [1.165, 1.54) is 0 Å². The van der Waals surface area contributed by atoms with Crippen molar-refractivity contribution >= 4 is 17.6 Å². The fourth-order valence-corrected chi connectivity index (χ4v) is 1.48. The summed E-state index contributed by atoms with van der Waals surface area (Å²) in [6, 6.07) is 8.74. The first-order valence-corrected chi connectivity index (χ1v) is 5.94. The maximum Gasteiger partial charge on any atom is 0.326 e. The quantitative estimate of drug-likeness (QED) is 0.684. The molecule has 0 aliphatic heterocycles. The summed E-state index contributed by atoms with van der Waals surface area (Å²) in [5.41, 5.74) is 0.940. The molecule has 1 amide bonds. The molecule has 18 heavy (non-hydrogen) atoms. The third kappa shape index (κ3) is 4.86. The predicted octanol–water partition coefficient (Wildman–Crippen LogP) is 1.47. The molecule has 0 radical (unpaired) electrons. The van der Waals surface area contributed by atoms with Gasteiger partial charge in [-0.2, -0.15) is 0 Å². The van der Waals surface area contributed by atoms with E-state index in [0.29, 0.717) is 13.0 Å². The summed E-state index contributed by atoms with van der Waals surface area (Å²) in [5, 5.41) is 14.4. The van der Waals surface area contributed by atoms with Gasteiger partial charge >= 0.3 is 5.97 Å². The van der Waals surface area contributed by atoms with Gasteiger partial charge in [0.15, 0.2) is 0 Å². The van der Waals surface area contributed by atoms with Crippen LogP contribution in [0.15, 0.2) is 30.3 Å². The molecule has 5 heteroatoms. The van der Waals surface area contributed by atoms with Crippen LogP contribution in [0, 0.1) is 0 Å². The zero-order valence-corrected chi connectivity index (χ0v) is 10.3. The third-order valence-corrected chi connectivity index (χ3v) is 2.50. The molecule has 0 saturated carbocycles. The molecule has 0 bridgehead atoms. The lowest BCUT2D eigenvalue weighted by molar-refractivity contribution is -0.141. The van der Waals surface area contributed by atoms with Crippen LogP contribution in [0.1, 0.15) is 19.8 Å². The van der Waals surface area contributed by atoms with E-state index in [1.54, 1.807) is 6.92 Å². The summed E-state index contributed by atoms with van der Waals surface area (Å²) in [6.45, 7) is 2.20. The van der Waals surface area contributed by atoms with E-state index >= 15 is 0 Å². The number of hydrogen-bond acceptors (Lipinski definition) is 3. The molecule has 0 spiro atoms. The summed E-state index contributed by atoms with van der Waals surface area (Å²) in [5.74, 6) is -1.26. The molecule has 1 rings (SSSR count). The minimum atomic E-state index is -0.998. The molecule has 1 unspecified atom stereocenters. The number of anilines is 1. The molecule has 0 heterocycles. The molecule has 0 aliphatic carbocycles. The Hall–Kier alpha value is -2.04. The predicted molar refractivity (Wildman–Crippen MR) is 69.4 cm³/mol. The fraction of sp³-hybridized carbons (Fsp3) is 0.385. The van der Waals surface area contributed by atoms with Crippen molar-refractivity contribution in [2.45, 2.75) is 25.8 Å². The highest BCUT2D eigenvalue weighted by Crippen LogP contribution is 2.04. The van der Waals surface area contributed by atoms with Crippen molar-refractivity contribution in [1.29, 1.82) is 0 Å². The number of para-hydroxylation sites is 1. The number of rotatable bonds is 7. The van der Waals surface area contributed by atoms with Gasteiger partial charge in [0.1, 0.15) is 6.04 Å². The van der Waals surface area contributed by atoms with Crippen molar-refractivity contribution < 1.29 is 14.7 Å². The zero-order valence-electron chi connectivity index (χ0n) is 10.3. The Morgan fingerprint density at radius 2 is 1.94 bits per heavy atom. The average molecular weight is 250 g/mol. The smallest absolute Gasteiger partial charge is 0.326 e. The molecular weight excluding hydrogens is 232 g/mol. The SMILES string of the molecule is CCC(NC(=O)CCNc1ccccc1)C(=O)O. The lowest BCUT2D eigenvalue weighted by atomic mass is 10.2. The molecule has 0 aromatic heterocycles. The van der Waals surface area contributed by atoms with Gasteiger partial charge in [-0.3, -0.25) is 4.79 Å². The monoisotopic (exact) mass is 250 g/mol. The Balaban J connectivity index is 2.27. The molecule has 1 atom stereocenters. The summed E-state index contributed by atoms with van der Waals surface area (Å²) in [6.07, 6.45) is 0.631. The Labute approximate surface area is 106 Å². The van der Waals surface area contributed by atoms with Crippen LogP contribution < -0.4 is 10.6 Å². The second-order valence-electron chi connectivity index (χ2n) is 3.91. The summed E-state index contributed by atoms with van der Waals surface area (Å²) >= 11 is 0. The van der Waals surface area contributed by atoms with Crippen LogP contribution in [-0.4, -0.2) is 29.6 Å². The number of carbonyl (C=O) groups excluding carboxylic acids is 1. The van der Waals surface area contributed by atoms with Crippen LogP contribution in [0.5, 0.6) is 0 Å². The van der Waals surface area contributed by atoms with Gasteiger partial charge in [0, 0.05) is 18.7 Å². The number of benzene rings is 1. The third-order valence-electron chi connectivity index (χ3n) is 2.50. The van der Waals surface area contributed by atoms with Crippen molar-refractivity contribution in [3.05, 3.63) is 30.3 Å². The van der Waals surface area contributed by atoms with E-state index in [9.17, 15) is 9.59 Å². The number of amides is 1. The van der Waals surface area contributed by atoms with E-state index in [-0.39, 0.29) is 12.3 Å². The molecule has 3 N–H and O–H groups in total. The van der Waals surface area contributed by atoms with Gasteiger partial charge in [-0.05, 0) is 18.6 Å². The van der Waals surface area contributed by atoms with Crippen LogP contribution in [0.2, 0.25) is 0 Å². The summed E-state index contributed by atoms with van der Waals surface area (Å²) in [7, 11) is 0. The van der Waals surface area contributed by atoms with Gasteiger partial charge in [0.2, 0.25) is 5.91 Å². The highest BCUT2D eigenvalue weighted by atomic mass is 16.4. The zero-order chi connectivity index (χ0) is 13.4. The Morgan fingerprint density at radius 3 is 2.50 bits per heavy atom. The number of carboxylic acids is 1. The molecule has 0 fully saturated rings. The number of nitrogens with one attached hydrogen (secondary N) is 2. The van der Waals surface area contributed by atoms with Crippen molar-refractivity contribution in [3.8, 4) is 0 Å². The number of carboxylic acid groups (broad SMARTS) is 1. The van der Waals surface area contributed by atoms with Crippen molar-refractivity contribution in [2.75, 3.05) is 11.9 Å². The molecule has 98 valence electrons. The van der Waals surface area contributed by atoms with Crippen LogP contribution in [-0.2, 0) is 9.59 Å². The van der Waals surface area contributed by atoms with Gasteiger partial charge in [-0.15, -0.1) is 0 Å². The molecule has 1 aromatic carbocycles. The van der Waals surface area contributed by atoms with E-state index in [2.05, 4.69) is 10.6 Å². The highest BCUT2D eigenvalue weighted by Gasteiger charge is 2.16. The van der Waals surface area contributed by atoms with Crippen LogP contribution in [0.25, 0.3) is 0 Å². The molecule has 5 nitrogen and oxygen atoms in total. The van der Waals surface area contributed by atoms with E-state index in [0.717, 1.165) is 5.69 Å². The minimum Gasteiger partial charge on any atom is -0.480 e. The highest BCUT2D eigenvalue weighted by molar-refractivity contribution is 5.83. The largest absolute Gasteiger partial charge is 0.480 e. The van der Waals surface area contributed by atoms with Gasteiger partial charge < -0.3 is 15.7 Å². The van der Waals surface area contributed by atoms with Crippen LogP contribution in [0.4, 0.5) is 5.69 Å². The van der Waals surface area contributed by atoms with Crippen molar-refractivity contribution in [2.24, 2.45) is 0 Å². The normalized spacial score (nSPS) is 11.6. The average Bonchev–Trinajstić information content (AvgIpc) is 2.37. The first-order chi connectivity index (χ1) is 8.63. The fourth-order valence-electron chi connectivity index (χ4n) is 1.48. The van der Waals surface area contributed by atoms with E-state index < -0.39 is 12.0 Å². The van der Waals surface area contributed by atoms with Gasteiger partial charge in [0.05, 0.1) is 0 Å². The second-order valence-corrected chi connectivity index (χ2v) is 3.91. The van der Waals surface area contributed by atoms with Crippen LogP contribution >= 0.6 is 0 Å². The number of carbonyl (C=O) groups is 2. The maximum absolute atomic E-state index is 11.5. The summed E-state index contributed by atoms with van der Waals surface area (Å²) < 4.78 is 0. The number of aliphatic carboxylic acids is 1. The molecular formula is C13H18N2O3. The Kier molecular flexibility index (Phi) is 5.70. The minimum absolute atomic E-state index is 0.249. The molecule has 0 saturated heterocycles. The number of hydrogen-bond donors (Lipinski definition) is 3. The standard InChI is InChI=1S/C13H18N2O3/c1-2-11(13(17)18)15-12(16)8-9-14-10-6-4-3-5-7-10/h3-7,11,14H,2,8-9H2,1H3,(H,15,16)(H,17,18). The molecule has 0 aliphatic rings. The van der Waals surface area contributed by atoms with Crippen molar-refractivity contribution in [1.82, 2.24) is 5.32 Å². The van der Waals surface area contributed by atoms with Crippen LogP contribution in [0.3, 0.4) is 0 Å². The lowest BCUT2D eigenvalue weighted by Gasteiger charge is -2.12. The van der Waals surface area contributed by atoms with Gasteiger partial charge in [-0.25, -0.2) is 4.79 Å². The topological polar surface area (TPSA) is 78.4 Å². The van der Waals surface area contributed by atoms with E-state index in [1.807, 2.05) is 30.3 Å². The van der Waals surface area contributed by atoms with Crippen molar-refractivity contribution in [3.63, 3.8) is 0 Å². The maximum atomic E-state index is 11.5. The lowest BCUT2D eigenvalue weighted by Crippen LogP contribution is -2.40. The summed E-state index contributed by atoms with van der Waals surface area (Å²) in [4.78, 5) is 22.2. The first-order valence-electron chi connectivity index (χ1n) is 5.94. The first kappa shape index (κ1) is 14.0. The molecule has 1 aromatic rings. The van der Waals surface area contributed by atoms with Gasteiger partial charge in [0.25, 0.3) is 0 Å². The Bertz CT molecular complexity index is 392.